The zero-order valence-electron chi connectivity index (χ0n) is 12.1. The van der Waals surface area contributed by atoms with Gasteiger partial charge in [0.2, 0.25) is 0 Å². The predicted octanol–water partition coefficient (Wildman–Crippen LogP) is 4.21. The first-order valence-corrected chi connectivity index (χ1v) is 7.73. The van der Waals surface area contributed by atoms with Gasteiger partial charge in [-0.05, 0) is 36.4 Å². The highest BCUT2D eigenvalue weighted by Crippen LogP contribution is 2.38. The van der Waals surface area contributed by atoms with Gasteiger partial charge in [0.1, 0.15) is 0 Å². The molecule has 0 saturated carbocycles. The second-order valence-corrected chi connectivity index (χ2v) is 5.72. The number of benzene rings is 2. The Morgan fingerprint density at radius 1 is 0.950 bits per heavy atom. The third-order valence-electron chi connectivity index (χ3n) is 4.59. The summed E-state index contributed by atoms with van der Waals surface area (Å²) in [7, 11) is 0. The van der Waals surface area contributed by atoms with Gasteiger partial charge >= 0.3 is 0 Å². The normalized spacial score (nSPS) is 22.3. The second-order valence-electron chi connectivity index (χ2n) is 5.72. The molecular weight excluding hydrogens is 242 g/mol. The molecule has 20 heavy (non-hydrogen) atoms. The van der Waals surface area contributed by atoms with Gasteiger partial charge in [0, 0.05) is 12.0 Å². The summed E-state index contributed by atoms with van der Waals surface area (Å²) in [6.07, 6.45) is 2.48. The van der Waals surface area contributed by atoms with E-state index in [4.69, 9.17) is 0 Å². The summed E-state index contributed by atoms with van der Waals surface area (Å²) in [5.74, 6) is 1.21. The van der Waals surface area contributed by atoms with Crippen LogP contribution in [0.25, 0.3) is 0 Å². The Hall–Kier alpha value is -1.60. The maximum atomic E-state index is 3.68. The first-order valence-electron chi connectivity index (χ1n) is 7.73. The Balaban J connectivity index is 2.00. The van der Waals surface area contributed by atoms with Crippen molar-refractivity contribution >= 4 is 0 Å². The minimum atomic E-state index is 0.511. The molecule has 1 saturated heterocycles. The van der Waals surface area contributed by atoms with Crippen molar-refractivity contribution in [2.75, 3.05) is 6.54 Å². The molecule has 1 nitrogen and oxygen atoms in total. The summed E-state index contributed by atoms with van der Waals surface area (Å²) < 4.78 is 0. The van der Waals surface area contributed by atoms with E-state index in [0.717, 1.165) is 6.54 Å². The van der Waals surface area contributed by atoms with Crippen LogP contribution in [-0.2, 0) is 0 Å². The molecule has 3 rings (SSSR count). The molecule has 1 aliphatic heterocycles. The van der Waals surface area contributed by atoms with E-state index in [1.54, 1.807) is 0 Å². The van der Waals surface area contributed by atoms with E-state index in [1.807, 2.05) is 0 Å². The Morgan fingerprint density at radius 2 is 1.50 bits per heavy atom. The van der Waals surface area contributed by atoms with Crippen LogP contribution in [0.4, 0.5) is 0 Å². The number of rotatable bonds is 4. The van der Waals surface area contributed by atoms with E-state index in [2.05, 4.69) is 72.9 Å². The van der Waals surface area contributed by atoms with E-state index in [-0.39, 0.29) is 0 Å². The molecule has 0 aliphatic carbocycles. The fraction of sp³-hybridized carbons (Fsp3) is 0.368. The van der Waals surface area contributed by atoms with E-state index in [9.17, 15) is 0 Å². The van der Waals surface area contributed by atoms with Gasteiger partial charge in [-0.3, -0.25) is 0 Å². The Kier molecular flexibility index (Phi) is 4.17. The highest BCUT2D eigenvalue weighted by atomic mass is 15.0. The third kappa shape index (κ3) is 2.64. The van der Waals surface area contributed by atoms with Gasteiger partial charge in [0.15, 0.2) is 0 Å². The highest BCUT2D eigenvalue weighted by Gasteiger charge is 2.33. The zero-order chi connectivity index (χ0) is 13.8. The molecule has 0 radical (unpaired) electrons. The molecule has 1 heterocycles. The number of hydrogen-bond donors (Lipinski definition) is 1. The molecule has 2 atom stereocenters. The summed E-state index contributed by atoms with van der Waals surface area (Å²) in [4.78, 5) is 0. The number of nitrogens with one attached hydrogen (secondary N) is 1. The molecule has 1 fully saturated rings. The minimum absolute atomic E-state index is 0.511. The molecule has 0 spiro atoms. The van der Waals surface area contributed by atoms with Gasteiger partial charge < -0.3 is 5.32 Å². The zero-order valence-corrected chi connectivity index (χ0v) is 12.1. The average Bonchev–Trinajstić information content (AvgIpc) is 2.98. The molecule has 0 aromatic heterocycles. The lowest BCUT2D eigenvalue weighted by atomic mass is 9.76. The lowest BCUT2D eigenvalue weighted by Gasteiger charge is -2.29. The van der Waals surface area contributed by atoms with Crippen molar-refractivity contribution in [3.8, 4) is 0 Å². The number of hydrogen-bond acceptors (Lipinski definition) is 1. The van der Waals surface area contributed by atoms with Crippen LogP contribution in [0.2, 0.25) is 0 Å². The average molecular weight is 265 g/mol. The summed E-state index contributed by atoms with van der Waals surface area (Å²) in [5, 5.41) is 3.68. The summed E-state index contributed by atoms with van der Waals surface area (Å²) >= 11 is 0. The first-order chi connectivity index (χ1) is 9.90. The van der Waals surface area contributed by atoms with Crippen LogP contribution in [-0.4, -0.2) is 12.6 Å². The largest absolute Gasteiger partial charge is 0.314 e. The summed E-state index contributed by atoms with van der Waals surface area (Å²) in [6, 6.07) is 22.6. The SMILES string of the molecule is CCC1NCCC1C(c1ccccc1)c1ccccc1. The molecule has 1 N–H and O–H groups in total. The van der Waals surface area contributed by atoms with Crippen LogP contribution in [0.5, 0.6) is 0 Å². The van der Waals surface area contributed by atoms with Crippen LogP contribution in [0.1, 0.15) is 36.8 Å². The molecular formula is C19H23N. The van der Waals surface area contributed by atoms with Crippen molar-refractivity contribution < 1.29 is 0 Å². The maximum absolute atomic E-state index is 3.68. The topological polar surface area (TPSA) is 12.0 Å². The molecule has 0 amide bonds. The highest BCUT2D eigenvalue weighted by molar-refractivity contribution is 5.34. The van der Waals surface area contributed by atoms with Crippen LogP contribution in [0.15, 0.2) is 60.7 Å². The van der Waals surface area contributed by atoms with Gasteiger partial charge in [-0.2, -0.15) is 0 Å². The van der Waals surface area contributed by atoms with Crippen molar-refractivity contribution in [3.63, 3.8) is 0 Å². The first kappa shape index (κ1) is 13.4. The van der Waals surface area contributed by atoms with Crippen molar-refractivity contribution in [2.45, 2.75) is 31.7 Å². The van der Waals surface area contributed by atoms with Crippen LogP contribution < -0.4 is 5.32 Å². The van der Waals surface area contributed by atoms with Gasteiger partial charge in [-0.1, -0.05) is 67.6 Å². The van der Waals surface area contributed by atoms with Crippen molar-refractivity contribution in [2.24, 2.45) is 5.92 Å². The Morgan fingerprint density at radius 3 is 2.00 bits per heavy atom. The molecule has 1 aliphatic rings. The van der Waals surface area contributed by atoms with E-state index >= 15 is 0 Å². The monoisotopic (exact) mass is 265 g/mol. The smallest absolute Gasteiger partial charge is 0.0133 e. The van der Waals surface area contributed by atoms with Gasteiger partial charge in [-0.25, -0.2) is 0 Å². The quantitative estimate of drug-likeness (QED) is 0.873. The maximum Gasteiger partial charge on any atom is 0.0133 e. The molecule has 2 unspecified atom stereocenters. The Labute approximate surface area is 122 Å². The molecule has 2 aromatic carbocycles. The lowest BCUT2D eigenvalue weighted by Crippen LogP contribution is -2.30. The van der Waals surface area contributed by atoms with E-state index < -0.39 is 0 Å². The molecule has 1 heteroatoms. The lowest BCUT2D eigenvalue weighted by molar-refractivity contribution is 0.396. The van der Waals surface area contributed by atoms with Gasteiger partial charge in [0.05, 0.1) is 0 Å². The van der Waals surface area contributed by atoms with Crippen molar-refractivity contribution in [1.29, 1.82) is 0 Å². The van der Waals surface area contributed by atoms with E-state index in [1.165, 1.54) is 24.0 Å². The van der Waals surface area contributed by atoms with Gasteiger partial charge in [-0.15, -0.1) is 0 Å². The third-order valence-corrected chi connectivity index (χ3v) is 4.59. The van der Waals surface area contributed by atoms with Crippen LogP contribution >= 0.6 is 0 Å². The van der Waals surface area contributed by atoms with Crippen molar-refractivity contribution in [3.05, 3.63) is 71.8 Å². The minimum Gasteiger partial charge on any atom is -0.314 e. The molecule has 0 bridgehead atoms. The standard InChI is InChI=1S/C19H23N/c1-2-18-17(13-14-20-18)19(15-9-5-3-6-10-15)16-11-7-4-8-12-16/h3-12,17-20H,2,13-14H2,1H3. The summed E-state index contributed by atoms with van der Waals surface area (Å²) in [6.45, 7) is 3.45. The predicted molar refractivity (Wildman–Crippen MR) is 84.9 cm³/mol. The van der Waals surface area contributed by atoms with Crippen molar-refractivity contribution in [1.82, 2.24) is 5.32 Å². The molecule has 104 valence electrons. The van der Waals surface area contributed by atoms with Crippen LogP contribution in [0, 0.1) is 5.92 Å². The fourth-order valence-electron chi connectivity index (χ4n) is 3.64. The van der Waals surface area contributed by atoms with Crippen LogP contribution in [0.3, 0.4) is 0 Å². The second kappa shape index (κ2) is 6.23. The van der Waals surface area contributed by atoms with Gasteiger partial charge in [0.25, 0.3) is 0 Å². The summed E-state index contributed by atoms with van der Waals surface area (Å²) in [5.41, 5.74) is 2.90. The van der Waals surface area contributed by atoms with E-state index in [0.29, 0.717) is 17.9 Å². The molecule has 2 aromatic rings. The Bertz CT molecular complexity index is 480. The fourth-order valence-corrected chi connectivity index (χ4v) is 3.64.